The summed E-state index contributed by atoms with van der Waals surface area (Å²) in [7, 11) is 2.03. The minimum absolute atomic E-state index is 0.0290. The molecule has 0 amide bonds. The van der Waals surface area contributed by atoms with Crippen molar-refractivity contribution < 1.29 is 13.2 Å². The number of nitrogens with zero attached hydrogens (tertiary/aromatic N) is 3. The van der Waals surface area contributed by atoms with Gasteiger partial charge in [-0.25, -0.2) is 0 Å². The Labute approximate surface area is 151 Å². The molecule has 6 heteroatoms. The molecular formula is C20H22F3N3. The Balaban J connectivity index is 1.62. The minimum Gasteiger partial charge on any atom is -0.367 e. The lowest BCUT2D eigenvalue weighted by atomic mass is 9.90. The molecule has 3 nitrogen and oxygen atoms in total. The summed E-state index contributed by atoms with van der Waals surface area (Å²) < 4.78 is 39.6. The van der Waals surface area contributed by atoms with Crippen LogP contribution in [0.4, 0.5) is 13.2 Å². The Morgan fingerprint density at radius 1 is 1.27 bits per heavy atom. The molecule has 3 heterocycles. The molecule has 0 spiro atoms. The predicted octanol–water partition coefficient (Wildman–Crippen LogP) is 3.72. The molecule has 0 fully saturated rings. The highest BCUT2D eigenvalue weighted by Gasteiger charge is 2.42. The molecule has 0 saturated carbocycles. The molecule has 1 unspecified atom stereocenters. The van der Waals surface area contributed by atoms with E-state index in [0.717, 1.165) is 49.3 Å². The zero-order valence-electron chi connectivity index (χ0n) is 14.8. The number of aromatic nitrogens is 1. The summed E-state index contributed by atoms with van der Waals surface area (Å²) in [5, 5.41) is 0. The summed E-state index contributed by atoms with van der Waals surface area (Å²) in [4.78, 5) is 8.89. The summed E-state index contributed by atoms with van der Waals surface area (Å²) in [6.45, 7) is 2.46. The van der Waals surface area contributed by atoms with Gasteiger partial charge in [-0.2, -0.15) is 13.2 Å². The largest absolute Gasteiger partial charge is 0.416 e. The summed E-state index contributed by atoms with van der Waals surface area (Å²) in [6, 6.07) is 5.89. The first-order valence-corrected chi connectivity index (χ1v) is 9.00. The van der Waals surface area contributed by atoms with Gasteiger partial charge in [-0.15, -0.1) is 0 Å². The molecule has 0 aromatic carbocycles. The van der Waals surface area contributed by atoms with Crippen molar-refractivity contribution in [1.82, 2.24) is 14.8 Å². The standard InChI is InChI=1S/C20H22F3N3/c1-25-10-8-19-17(13-25)16-12-14(20(21,22)23)5-6-18(16)26(19)11-7-15-4-2-3-9-24-15/h2-5,9,12,18H,6-8,10-11,13H2,1H3. The second-order valence-electron chi connectivity index (χ2n) is 7.19. The van der Waals surface area contributed by atoms with Gasteiger partial charge in [0.1, 0.15) is 0 Å². The highest BCUT2D eigenvalue weighted by molar-refractivity contribution is 5.53. The van der Waals surface area contributed by atoms with Gasteiger partial charge in [0.15, 0.2) is 0 Å². The molecule has 2 aliphatic heterocycles. The van der Waals surface area contributed by atoms with Gasteiger partial charge in [0, 0.05) is 50.1 Å². The second kappa shape index (κ2) is 6.58. The fourth-order valence-electron chi connectivity index (χ4n) is 4.19. The van der Waals surface area contributed by atoms with Crippen LogP contribution in [-0.2, 0) is 6.42 Å². The lowest BCUT2D eigenvalue weighted by Gasteiger charge is -2.32. The van der Waals surface area contributed by atoms with Crippen LogP contribution in [0.25, 0.3) is 0 Å². The van der Waals surface area contributed by atoms with Gasteiger partial charge in [-0.05, 0) is 42.8 Å². The van der Waals surface area contributed by atoms with E-state index in [2.05, 4.69) is 14.8 Å². The molecule has 26 heavy (non-hydrogen) atoms. The summed E-state index contributed by atoms with van der Waals surface area (Å²) in [5.74, 6) is 0. The van der Waals surface area contributed by atoms with Gasteiger partial charge in [0.05, 0.1) is 11.6 Å². The van der Waals surface area contributed by atoms with E-state index >= 15 is 0 Å². The number of rotatable bonds is 3. The van der Waals surface area contributed by atoms with Crippen molar-refractivity contribution >= 4 is 0 Å². The number of hydrogen-bond donors (Lipinski definition) is 0. The number of allylic oxidation sites excluding steroid dienone is 2. The van der Waals surface area contributed by atoms with Gasteiger partial charge in [-0.1, -0.05) is 12.1 Å². The third kappa shape index (κ3) is 3.18. The Morgan fingerprint density at radius 3 is 2.85 bits per heavy atom. The summed E-state index contributed by atoms with van der Waals surface area (Å²) in [5.41, 5.74) is 3.70. The van der Waals surface area contributed by atoms with Crippen molar-refractivity contribution in [3.63, 3.8) is 0 Å². The van der Waals surface area contributed by atoms with E-state index in [4.69, 9.17) is 0 Å². The van der Waals surface area contributed by atoms with Gasteiger partial charge >= 0.3 is 6.18 Å². The van der Waals surface area contributed by atoms with Gasteiger partial charge < -0.3 is 9.80 Å². The van der Waals surface area contributed by atoms with Crippen LogP contribution < -0.4 is 0 Å². The van der Waals surface area contributed by atoms with Crippen LogP contribution in [0.2, 0.25) is 0 Å². The van der Waals surface area contributed by atoms with Crippen molar-refractivity contribution in [2.75, 3.05) is 26.7 Å². The van der Waals surface area contributed by atoms with Crippen molar-refractivity contribution in [2.24, 2.45) is 0 Å². The topological polar surface area (TPSA) is 19.4 Å². The molecule has 3 aliphatic rings. The first kappa shape index (κ1) is 17.3. The zero-order chi connectivity index (χ0) is 18.3. The van der Waals surface area contributed by atoms with E-state index in [1.807, 2.05) is 25.2 Å². The van der Waals surface area contributed by atoms with Crippen LogP contribution in [0.5, 0.6) is 0 Å². The van der Waals surface area contributed by atoms with Gasteiger partial charge in [0.25, 0.3) is 0 Å². The van der Waals surface area contributed by atoms with Crippen LogP contribution in [0.15, 0.2) is 59.0 Å². The molecule has 1 aliphatic carbocycles. The Morgan fingerprint density at radius 2 is 2.12 bits per heavy atom. The third-order valence-corrected chi connectivity index (χ3v) is 5.47. The van der Waals surface area contributed by atoms with E-state index in [9.17, 15) is 13.2 Å². The van der Waals surface area contributed by atoms with Crippen molar-refractivity contribution in [2.45, 2.75) is 31.5 Å². The average molecular weight is 361 g/mol. The third-order valence-electron chi connectivity index (χ3n) is 5.47. The molecule has 1 aromatic rings. The van der Waals surface area contributed by atoms with Crippen LogP contribution in [0.3, 0.4) is 0 Å². The number of likely N-dealkylation sites (N-methyl/N-ethyl adjacent to an activating group) is 1. The Kier molecular flexibility index (Phi) is 4.39. The normalized spacial score (nSPS) is 23.5. The van der Waals surface area contributed by atoms with Crippen molar-refractivity contribution in [3.8, 4) is 0 Å². The fourth-order valence-corrected chi connectivity index (χ4v) is 4.19. The van der Waals surface area contributed by atoms with E-state index < -0.39 is 11.7 Å². The van der Waals surface area contributed by atoms with Crippen LogP contribution in [-0.4, -0.2) is 53.7 Å². The molecule has 0 bridgehead atoms. The van der Waals surface area contributed by atoms with Crippen LogP contribution in [0, 0.1) is 0 Å². The van der Waals surface area contributed by atoms with Gasteiger partial charge in [0.2, 0.25) is 0 Å². The van der Waals surface area contributed by atoms with Crippen molar-refractivity contribution in [1.29, 1.82) is 0 Å². The molecule has 1 atom stereocenters. The quantitative estimate of drug-likeness (QED) is 0.818. The Hall–Kier alpha value is -2.08. The smallest absolute Gasteiger partial charge is 0.367 e. The molecule has 138 valence electrons. The first-order chi connectivity index (χ1) is 12.4. The summed E-state index contributed by atoms with van der Waals surface area (Å²) in [6.07, 6.45) is 2.34. The van der Waals surface area contributed by atoms with Gasteiger partial charge in [-0.3, -0.25) is 4.98 Å². The maximum Gasteiger partial charge on any atom is 0.416 e. The summed E-state index contributed by atoms with van der Waals surface area (Å²) >= 11 is 0. The maximum atomic E-state index is 13.2. The van der Waals surface area contributed by atoms with Crippen LogP contribution >= 0.6 is 0 Å². The molecule has 1 aromatic heterocycles. The fraction of sp³-hybridized carbons (Fsp3) is 0.450. The van der Waals surface area contributed by atoms with Crippen molar-refractivity contribution in [3.05, 3.63) is 64.7 Å². The zero-order valence-corrected chi connectivity index (χ0v) is 14.8. The number of fused-ring (bicyclic) bond motifs is 2. The first-order valence-electron chi connectivity index (χ1n) is 9.00. The molecule has 0 N–H and O–H groups in total. The molecular weight excluding hydrogens is 339 g/mol. The number of hydrogen-bond acceptors (Lipinski definition) is 3. The van der Waals surface area contributed by atoms with E-state index in [-0.39, 0.29) is 6.04 Å². The molecule has 0 radical (unpaired) electrons. The number of halogens is 3. The molecule has 0 saturated heterocycles. The predicted molar refractivity (Wildman–Crippen MR) is 94.4 cm³/mol. The number of alkyl halides is 3. The molecule has 4 rings (SSSR count). The van der Waals surface area contributed by atoms with E-state index in [1.165, 1.54) is 17.8 Å². The Bertz CT molecular complexity index is 777. The SMILES string of the molecule is CN1CCC2=C(C1)C1=CC(C(F)(F)F)=CCC1N2CCc1ccccn1. The average Bonchev–Trinajstić information content (AvgIpc) is 2.92. The lowest BCUT2D eigenvalue weighted by Crippen LogP contribution is -2.35. The van der Waals surface area contributed by atoms with Crippen LogP contribution in [0.1, 0.15) is 18.5 Å². The number of pyridine rings is 1. The van der Waals surface area contributed by atoms with E-state index in [1.54, 1.807) is 6.20 Å². The maximum absolute atomic E-state index is 13.2. The van der Waals surface area contributed by atoms with E-state index in [0.29, 0.717) is 6.42 Å². The second-order valence-corrected chi connectivity index (χ2v) is 7.19. The highest BCUT2D eigenvalue weighted by Crippen LogP contribution is 2.44. The lowest BCUT2D eigenvalue weighted by molar-refractivity contribution is -0.0888. The monoisotopic (exact) mass is 361 g/mol. The highest BCUT2D eigenvalue weighted by atomic mass is 19.4. The minimum atomic E-state index is -4.28.